The Morgan fingerprint density at radius 1 is 1.33 bits per heavy atom. The third-order valence-corrected chi connectivity index (χ3v) is 4.89. The van der Waals surface area contributed by atoms with Crippen molar-refractivity contribution in [3.05, 3.63) is 41.7 Å². The van der Waals surface area contributed by atoms with Gasteiger partial charge >= 0.3 is 0 Å². The Labute approximate surface area is 141 Å². The summed E-state index contributed by atoms with van der Waals surface area (Å²) in [5, 5.41) is 24.2. The molecule has 0 radical (unpaired) electrons. The number of nitrogens with zero attached hydrogens (tertiary/aromatic N) is 4. The second-order valence-electron chi connectivity index (χ2n) is 6.37. The Kier molecular flexibility index (Phi) is 4.89. The number of nitrogens with one attached hydrogen (secondary N) is 1. The van der Waals surface area contributed by atoms with E-state index < -0.39 is 5.60 Å². The summed E-state index contributed by atoms with van der Waals surface area (Å²) in [5.74, 6) is 0.683. The summed E-state index contributed by atoms with van der Waals surface area (Å²) in [6.07, 6.45) is 2.29. The normalized spacial score (nSPS) is 18.3. The number of tetrazole rings is 1. The first kappa shape index (κ1) is 16.6. The van der Waals surface area contributed by atoms with E-state index in [0.29, 0.717) is 38.2 Å². The Morgan fingerprint density at radius 2 is 2.04 bits per heavy atom. The number of rotatable bonds is 5. The minimum Gasteiger partial charge on any atom is -0.382 e. The van der Waals surface area contributed by atoms with E-state index in [1.165, 1.54) is 5.56 Å². The van der Waals surface area contributed by atoms with Gasteiger partial charge in [0.05, 0.1) is 0 Å². The highest BCUT2D eigenvalue weighted by atomic mass is 16.3. The third kappa shape index (κ3) is 3.46. The van der Waals surface area contributed by atoms with Crippen molar-refractivity contribution in [1.29, 1.82) is 0 Å². The van der Waals surface area contributed by atoms with Gasteiger partial charge in [0, 0.05) is 32.4 Å². The molecule has 128 valence electrons. The molecule has 7 nitrogen and oxygen atoms in total. The molecule has 24 heavy (non-hydrogen) atoms. The summed E-state index contributed by atoms with van der Waals surface area (Å²) >= 11 is 0. The monoisotopic (exact) mass is 329 g/mol. The van der Waals surface area contributed by atoms with Crippen LogP contribution in [-0.4, -0.2) is 49.6 Å². The standard InChI is InChI=1S/C17H23N5O2/c1-2-13(14-6-4-3-5-7-14)12-15(23)22-10-8-17(24,9-11-22)16-18-20-21-19-16/h3-7,13,24H,2,8-12H2,1H3,(H,18,19,20,21). The highest BCUT2D eigenvalue weighted by Crippen LogP contribution is 2.31. The molecule has 1 aromatic heterocycles. The van der Waals surface area contributed by atoms with Crippen LogP contribution in [0.15, 0.2) is 30.3 Å². The molecule has 1 aliphatic heterocycles. The lowest BCUT2D eigenvalue weighted by Gasteiger charge is -2.36. The first-order chi connectivity index (χ1) is 11.6. The van der Waals surface area contributed by atoms with E-state index in [1.807, 2.05) is 23.1 Å². The van der Waals surface area contributed by atoms with Gasteiger partial charge in [-0.05, 0) is 17.9 Å². The van der Waals surface area contributed by atoms with Crippen LogP contribution in [0.3, 0.4) is 0 Å². The minimum absolute atomic E-state index is 0.140. The average molecular weight is 329 g/mol. The molecule has 0 saturated carbocycles. The van der Waals surface area contributed by atoms with Gasteiger partial charge in [0.1, 0.15) is 5.60 Å². The molecule has 0 spiro atoms. The van der Waals surface area contributed by atoms with E-state index in [4.69, 9.17) is 0 Å². The first-order valence-electron chi connectivity index (χ1n) is 8.41. The second-order valence-corrected chi connectivity index (χ2v) is 6.37. The Morgan fingerprint density at radius 3 is 2.62 bits per heavy atom. The third-order valence-electron chi connectivity index (χ3n) is 4.89. The zero-order valence-electron chi connectivity index (χ0n) is 13.9. The van der Waals surface area contributed by atoms with Crippen molar-refractivity contribution in [2.24, 2.45) is 0 Å². The zero-order chi connectivity index (χ0) is 17.0. The molecule has 1 unspecified atom stereocenters. The smallest absolute Gasteiger partial charge is 0.223 e. The summed E-state index contributed by atoms with van der Waals surface area (Å²) in [6.45, 7) is 3.13. The quantitative estimate of drug-likeness (QED) is 0.868. The van der Waals surface area contributed by atoms with Gasteiger partial charge < -0.3 is 10.0 Å². The molecule has 3 rings (SSSR count). The van der Waals surface area contributed by atoms with E-state index in [9.17, 15) is 9.90 Å². The molecule has 7 heteroatoms. The van der Waals surface area contributed by atoms with Gasteiger partial charge in [-0.15, -0.1) is 10.2 Å². The van der Waals surface area contributed by atoms with Crippen LogP contribution in [0.4, 0.5) is 0 Å². The summed E-state index contributed by atoms with van der Waals surface area (Å²) < 4.78 is 0. The fraction of sp³-hybridized carbons (Fsp3) is 0.529. The molecule has 1 fully saturated rings. The van der Waals surface area contributed by atoms with Crippen LogP contribution in [-0.2, 0) is 10.4 Å². The van der Waals surface area contributed by atoms with Crippen LogP contribution in [0.1, 0.15) is 49.9 Å². The Bertz CT molecular complexity index is 651. The topological polar surface area (TPSA) is 95.0 Å². The lowest BCUT2D eigenvalue weighted by molar-refractivity contribution is -0.136. The largest absolute Gasteiger partial charge is 0.382 e. The number of aromatic nitrogens is 4. The van der Waals surface area contributed by atoms with Crippen molar-refractivity contribution in [3.8, 4) is 0 Å². The molecule has 0 bridgehead atoms. The van der Waals surface area contributed by atoms with Crippen LogP contribution < -0.4 is 0 Å². The predicted molar refractivity (Wildman–Crippen MR) is 88.0 cm³/mol. The fourth-order valence-electron chi connectivity index (χ4n) is 3.27. The molecule has 0 aliphatic carbocycles. The molecule has 1 amide bonds. The van der Waals surface area contributed by atoms with Crippen molar-refractivity contribution in [2.75, 3.05) is 13.1 Å². The van der Waals surface area contributed by atoms with Gasteiger partial charge in [0.15, 0.2) is 0 Å². The maximum atomic E-state index is 12.6. The van der Waals surface area contributed by atoms with Crippen LogP contribution >= 0.6 is 0 Å². The van der Waals surface area contributed by atoms with Gasteiger partial charge in [-0.2, -0.15) is 5.21 Å². The van der Waals surface area contributed by atoms with E-state index in [-0.39, 0.29) is 11.8 Å². The van der Waals surface area contributed by atoms with Crippen LogP contribution in [0.25, 0.3) is 0 Å². The number of hydrogen-bond acceptors (Lipinski definition) is 5. The maximum Gasteiger partial charge on any atom is 0.223 e. The van der Waals surface area contributed by atoms with Gasteiger partial charge in [0.25, 0.3) is 0 Å². The molecule has 2 heterocycles. The van der Waals surface area contributed by atoms with Crippen LogP contribution in [0.2, 0.25) is 0 Å². The van der Waals surface area contributed by atoms with Crippen LogP contribution in [0, 0.1) is 0 Å². The zero-order valence-corrected chi connectivity index (χ0v) is 13.9. The van der Waals surface area contributed by atoms with E-state index in [0.717, 1.165) is 6.42 Å². The highest BCUT2D eigenvalue weighted by molar-refractivity contribution is 5.77. The van der Waals surface area contributed by atoms with E-state index in [1.54, 1.807) is 0 Å². The fourth-order valence-corrected chi connectivity index (χ4v) is 3.27. The Balaban J connectivity index is 1.59. The van der Waals surface area contributed by atoms with E-state index >= 15 is 0 Å². The summed E-state index contributed by atoms with van der Waals surface area (Å²) in [5.41, 5.74) is 0.113. The van der Waals surface area contributed by atoms with Gasteiger partial charge in [-0.1, -0.05) is 42.5 Å². The Hall–Kier alpha value is -2.28. The number of benzene rings is 1. The lowest BCUT2D eigenvalue weighted by Crippen LogP contribution is -2.46. The molecular formula is C17H23N5O2. The minimum atomic E-state index is -1.09. The molecular weight excluding hydrogens is 306 g/mol. The van der Waals surface area contributed by atoms with Crippen molar-refractivity contribution in [3.63, 3.8) is 0 Å². The summed E-state index contributed by atoms with van der Waals surface area (Å²) in [6, 6.07) is 10.2. The molecule has 1 saturated heterocycles. The number of aromatic amines is 1. The SMILES string of the molecule is CCC(CC(=O)N1CCC(O)(c2nn[nH]n2)CC1)c1ccccc1. The number of carbonyl (C=O) groups excluding carboxylic acids is 1. The number of carbonyl (C=O) groups is 1. The maximum absolute atomic E-state index is 12.6. The number of aliphatic hydroxyl groups is 1. The second kappa shape index (κ2) is 7.09. The molecule has 2 N–H and O–H groups in total. The number of likely N-dealkylation sites (tertiary alicyclic amines) is 1. The van der Waals surface area contributed by atoms with Gasteiger partial charge in [0.2, 0.25) is 11.7 Å². The highest BCUT2D eigenvalue weighted by Gasteiger charge is 2.39. The van der Waals surface area contributed by atoms with Crippen molar-refractivity contribution in [1.82, 2.24) is 25.5 Å². The number of H-pyrrole nitrogens is 1. The van der Waals surface area contributed by atoms with Crippen molar-refractivity contribution < 1.29 is 9.90 Å². The number of hydrogen-bond donors (Lipinski definition) is 2. The first-order valence-corrected chi connectivity index (χ1v) is 8.41. The lowest BCUT2D eigenvalue weighted by atomic mass is 9.89. The van der Waals surface area contributed by atoms with Crippen LogP contribution in [0.5, 0.6) is 0 Å². The molecule has 2 aromatic rings. The predicted octanol–water partition coefficient (Wildman–Crippen LogP) is 1.59. The summed E-state index contributed by atoms with van der Waals surface area (Å²) in [4.78, 5) is 14.5. The molecule has 1 aliphatic rings. The molecule has 1 aromatic carbocycles. The summed E-state index contributed by atoms with van der Waals surface area (Å²) in [7, 11) is 0. The average Bonchev–Trinajstić information content (AvgIpc) is 3.16. The molecule has 1 atom stereocenters. The van der Waals surface area contributed by atoms with Gasteiger partial charge in [-0.25, -0.2) is 0 Å². The van der Waals surface area contributed by atoms with Crippen molar-refractivity contribution >= 4 is 5.91 Å². The number of amides is 1. The number of piperidine rings is 1. The van der Waals surface area contributed by atoms with Gasteiger partial charge in [-0.3, -0.25) is 4.79 Å². The van der Waals surface area contributed by atoms with Crippen molar-refractivity contribution in [2.45, 2.75) is 44.1 Å². The van der Waals surface area contributed by atoms with E-state index in [2.05, 4.69) is 39.7 Å².